The van der Waals surface area contributed by atoms with Gasteiger partial charge in [0.1, 0.15) is 0 Å². The molecule has 0 aliphatic carbocycles. The van der Waals surface area contributed by atoms with E-state index in [0.29, 0.717) is 5.41 Å². The average molecular weight is 172 g/mol. The van der Waals surface area contributed by atoms with Crippen LogP contribution in [0.2, 0.25) is 0 Å². The lowest BCUT2D eigenvalue weighted by molar-refractivity contribution is 0.134. The Morgan fingerprint density at radius 1 is 1.09 bits per heavy atom. The first-order chi connectivity index (χ1) is 5.41. The number of hydrogen-bond acceptors (Lipinski definition) is 2. The van der Waals surface area contributed by atoms with Crippen LogP contribution in [0.3, 0.4) is 0 Å². The fourth-order valence-corrected chi connectivity index (χ4v) is 3.70. The van der Waals surface area contributed by atoms with Crippen molar-refractivity contribution in [1.29, 1.82) is 0 Å². The predicted molar refractivity (Wildman–Crippen MR) is 49.0 cm³/mol. The molecule has 0 aromatic rings. The van der Waals surface area contributed by atoms with Crippen LogP contribution in [0, 0.1) is 5.41 Å². The van der Waals surface area contributed by atoms with E-state index in [9.17, 15) is 0 Å². The average Bonchev–Trinajstić information content (AvgIpc) is 2.32. The van der Waals surface area contributed by atoms with E-state index in [-0.39, 0.29) is 0 Å². The molecule has 0 saturated carbocycles. The standard InChI is InChI=1S/C9H16OS/c1-2-9(3-6-10-5-1)4-7-11-8-9/h1-8H2. The molecule has 1 atom stereocenters. The quantitative estimate of drug-likeness (QED) is 0.554. The minimum atomic E-state index is 0.696. The van der Waals surface area contributed by atoms with Crippen LogP contribution in [0.4, 0.5) is 0 Å². The van der Waals surface area contributed by atoms with Gasteiger partial charge < -0.3 is 4.74 Å². The Morgan fingerprint density at radius 3 is 2.91 bits per heavy atom. The molecular weight excluding hydrogens is 156 g/mol. The van der Waals surface area contributed by atoms with Gasteiger partial charge in [-0.05, 0) is 42.6 Å². The molecule has 1 unspecified atom stereocenters. The third-order valence-corrected chi connectivity index (χ3v) is 4.27. The zero-order chi connectivity index (χ0) is 7.57. The van der Waals surface area contributed by atoms with E-state index < -0.39 is 0 Å². The minimum absolute atomic E-state index is 0.696. The molecule has 11 heavy (non-hydrogen) atoms. The SMILES string of the molecule is C1COCCC2(C1)CCSC2. The molecule has 0 N–H and O–H groups in total. The van der Waals surface area contributed by atoms with Gasteiger partial charge in [-0.25, -0.2) is 0 Å². The molecule has 0 amide bonds. The summed E-state index contributed by atoms with van der Waals surface area (Å²) in [6.07, 6.45) is 5.47. The molecule has 64 valence electrons. The van der Waals surface area contributed by atoms with E-state index in [0.717, 1.165) is 13.2 Å². The Morgan fingerprint density at radius 2 is 2.09 bits per heavy atom. The molecule has 0 bridgehead atoms. The highest BCUT2D eigenvalue weighted by Crippen LogP contribution is 2.43. The van der Waals surface area contributed by atoms with Gasteiger partial charge in [0.2, 0.25) is 0 Å². The summed E-state index contributed by atoms with van der Waals surface area (Å²) >= 11 is 2.13. The Kier molecular flexibility index (Phi) is 2.42. The molecule has 1 nitrogen and oxygen atoms in total. The molecule has 2 heteroatoms. The highest BCUT2D eigenvalue weighted by atomic mass is 32.2. The smallest absolute Gasteiger partial charge is 0.0471 e. The Hall–Kier alpha value is 0.310. The summed E-state index contributed by atoms with van der Waals surface area (Å²) in [6, 6.07) is 0. The maximum Gasteiger partial charge on any atom is 0.0471 e. The Labute approximate surface area is 72.9 Å². The maximum atomic E-state index is 5.47. The first-order valence-electron chi connectivity index (χ1n) is 4.57. The first kappa shape index (κ1) is 7.93. The van der Waals surface area contributed by atoms with Crippen LogP contribution in [0.25, 0.3) is 0 Å². The molecule has 0 aromatic carbocycles. The third-order valence-electron chi connectivity index (χ3n) is 2.96. The van der Waals surface area contributed by atoms with E-state index in [2.05, 4.69) is 11.8 Å². The van der Waals surface area contributed by atoms with Crippen LogP contribution < -0.4 is 0 Å². The lowest BCUT2D eigenvalue weighted by atomic mass is 9.80. The monoisotopic (exact) mass is 172 g/mol. The van der Waals surface area contributed by atoms with E-state index >= 15 is 0 Å². The van der Waals surface area contributed by atoms with Crippen LogP contribution >= 0.6 is 11.8 Å². The molecule has 2 saturated heterocycles. The second-order valence-electron chi connectivity index (χ2n) is 3.77. The number of rotatable bonds is 0. The zero-order valence-corrected chi connectivity index (χ0v) is 7.79. The van der Waals surface area contributed by atoms with Crippen molar-refractivity contribution in [3.63, 3.8) is 0 Å². The van der Waals surface area contributed by atoms with Crippen LogP contribution in [0.5, 0.6) is 0 Å². The van der Waals surface area contributed by atoms with Gasteiger partial charge >= 0.3 is 0 Å². The summed E-state index contributed by atoms with van der Waals surface area (Å²) in [6.45, 7) is 2.02. The first-order valence-corrected chi connectivity index (χ1v) is 5.72. The minimum Gasteiger partial charge on any atom is -0.381 e. The van der Waals surface area contributed by atoms with Gasteiger partial charge in [-0.2, -0.15) is 11.8 Å². The molecular formula is C9H16OS. The number of hydrogen-bond donors (Lipinski definition) is 0. The van der Waals surface area contributed by atoms with Gasteiger partial charge in [-0.3, -0.25) is 0 Å². The summed E-state index contributed by atoms with van der Waals surface area (Å²) in [4.78, 5) is 0. The molecule has 2 aliphatic rings. The second kappa shape index (κ2) is 3.36. The van der Waals surface area contributed by atoms with Crippen molar-refractivity contribution < 1.29 is 4.74 Å². The summed E-state index contributed by atoms with van der Waals surface area (Å²) in [7, 11) is 0. The second-order valence-corrected chi connectivity index (χ2v) is 4.87. The van der Waals surface area contributed by atoms with Gasteiger partial charge in [0.25, 0.3) is 0 Å². The van der Waals surface area contributed by atoms with Gasteiger partial charge in [0.05, 0.1) is 0 Å². The molecule has 2 heterocycles. The van der Waals surface area contributed by atoms with Crippen molar-refractivity contribution in [2.24, 2.45) is 5.41 Å². The third kappa shape index (κ3) is 1.73. The highest BCUT2D eigenvalue weighted by molar-refractivity contribution is 7.99. The van der Waals surface area contributed by atoms with Gasteiger partial charge in [0, 0.05) is 13.2 Å². The molecule has 2 fully saturated rings. The molecule has 0 aromatic heterocycles. The van der Waals surface area contributed by atoms with E-state index in [4.69, 9.17) is 4.74 Å². The topological polar surface area (TPSA) is 9.23 Å². The van der Waals surface area contributed by atoms with Gasteiger partial charge in [-0.15, -0.1) is 0 Å². The number of thioether (sulfide) groups is 1. The van der Waals surface area contributed by atoms with Gasteiger partial charge in [-0.1, -0.05) is 0 Å². The summed E-state index contributed by atoms with van der Waals surface area (Å²) in [5, 5.41) is 0. The van der Waals surface area contributed by atoms with Crippen molar-refractivity contribution in [3.8, 4) is 0 Å². The van der Waals surface area contributed by atoms with Crippen LogP contribution in [0.15, 0.2) is 0 Å². The van der Waals surface area contributed by atoms with E-state index in [1.54, 1.807) is 0 Å². The van der Waals surface area contributed by atoms with Crippen molar-refractivity contribution >= 4 is 11.8 Å². The van der Waals surface area contributed by atoms with Crippen molar-refractivity contribution in [1.82, 2.24) is 0 Å². The maximum absolute atomic E-state index is 5.47. The largest absolute Gasteiger partial charge is 0.381 e. The lowest BCUT2D eigenvalue weighted by Crippen LogP contribution is -2.19. The molecule has 0 radical (unpaired) electrons. The van der Waals surface area contributed by atoms with Crippen LogP contribution in [-0.2, 0) is 4.74 Å². The van der Waals surface area contributed by atoms with Gasteiger partial charge in [0.15, 0.2) is 0 Å². The van der Waals surface area contributed by atoms with E-state index in [1.165, 1.54) is 37.2 Å². The highest BCUT2D eigenvalue weighted by Gasteiger charge is 2.34. The summed E-state index contributed by atoms with van der Waals surface area (Å²) in [5.41, 5.74) is 0.696. The molecule has 2 rings (SSSR count). The number of ether oxygens (including phenoxy) is 1. The zero-order valence-electron chi connectivity index (χ0n) is 6.97. The van der Waals surface area contributed by atoms with Crippen molar-refractivity contribution in [2.75, 3.05) is 24.7 Å². The van der Waals surface area contributed by atoms with E-state index in [1.807, 2.05) is 0 Å². The molecule has 1 spiro atoms. The Bertz CT molecular complexity index is 120. The molecule has 2 aliphatic heterocycles. The fraction of sp³-hybridized carbons (Fsp3) is 1.00. The van der Waals surface area contributed by atoms with Crippen molar-refractivity contribution in [3.05, 3.63) is 0 Å². The normalized spacial score (nSPS) is 39.3. The van der Waals surface area contributed by atoms with Crippen LogP contribution in [0.1, 0.15) is 25.7 Å². The van der Waals surface area contributed by atoms with Crippen LogP contribution in [-0.4, -0.2) is 24.7 Å². The predicted octanol–water partition coefficient (Wildman–Crippen LogP) is 2.31. The lowest BCUT2D eigenvalue weighted by Gasteiger charge is -2.24. The summed E-state index contributed by atoms with van der Waals surface area (Å²) in [5.74, 6) is 2.79. The summed E-state index contributed by atoms with van der Waals surface area (Å²) < 4.78 is 5.47. The van der Waals surface area contributed by atoms with Crippen molar-refractivity contribution in [2.45, 2.75) is 25.7 Å². The fourth-order valence-electron chi connectivity index (χ4n) is 2.11. The Balaban J connectivity index is 1.97.